The lowest BCUT2D eigenvalue weighted by Crippen LogP contribution is -2.72. The quantitative estimate of drug-likeness (QED) is 0.0415. The van der Waals surface area contributed by atoms with Gasteiger partial charge in [-0.1, -0.05) is 59.3 Å². The van der Waals surface area contributed by atoms with E-state index >= 15 is 0 Å². The molecule has 7 fully saturated rings. The summed E-state index contributed by atoms with van der Waals surface area (Å²) >= 11 is 0. The molecule has 79 heavy (non-hydrogen) atoms. The molecule has 0 aromatic heterocycles. The fraction of sp³-hybridized carbons (Fsp3) is 0.873. The van der Waals surface area contributed by atoms with Crippen LogP contribution in [0.5, 0.6) is 0 Å². The second-order valence-corrected chi connectivity index (χ2v) is 25.5. The van der Waals surface area contributed by atoms with Gasteiger partial charge in [-0.3, -0.25) is 4.79 Å². The van der Waals surface area contributed by atoms with E-state index in [1.807, 2.05) is 20.8 Å². The maximum Gasteiger partial charge on any atom is 0.335 e. The average molecular weight is 1130 g/mol. The van der Waals surface area contributed by atoms with E-state index in [0.717, 1.165) is 5.57 Å². The molecule has 8 rings (SSSR count). The fourth-order valence-electron chi connectivity index (χ4n) is 16.2. The van der Waals surface area contributed by atoms with Crippen LogP contribution in [0.3, 0.4) is 0 Å². The zero-order chi connectivity index (χ0) is 58.4. The van der Waals surface area contributed by atoms with Gasteiger partial charge in [0.25, 0.3) is 0 Å². The van der Waals surface area contributed by atoms with Crippen molar-refractivity contribution in [3.63, 3.8) is 0 Å². The predicted molar refractivity (Wildman–Crippen MR) is 269 cm³/mol. The molecule has 5 aliphatic carbocycles. The first-order valence-electron chi connectivity index (χ1n) is 27.7. The molecule has 3 saturated heterocycles. The van der Waals surface area contributed by atoms with Gasteiger partial charge in [-0.25, -0.2) is 9.59 Å². The highest BCUT2D eigenvalue weighted by Gasteiger charge is 2.74. The Balaban J connectivity index is 1.12. The molecule has 1 unspecified atom stereocenters. The van der Waals surface area contributed by atoms with E-state index in [9.17, 15) is 80.8 Å². The van der Waals surface area contributed by atoms with E-state index in [-0.39, 0.29) is 24.7 Å². The zero-order valence-electron chi connectivity index (χ0n) is 46.4. The predicted octanol–water partition coefficient (Wildman–Crippen LogP) is -1.32. The molecular weight excluding hydrogens is 1040 g/mol. The van der Waals surface area contributed by atoms with E-state index in [2.05, 4.69) is 26.8 Å². The van der Waals surface area contributed by atoms with Gasteiger partial charge in [0.05, 0.1) is 44.1 Å². The van der Waals surface area contributed by atoms with Crippen molar-refractivity contribution in [3.05, 3.63) is 23.3 Å². The summed E-state index contributed by atoms with van der Waals surface area (Å²) in [5, 5.41) is 143. The van der Waals surface area contributed by atoms with E-state index in [1.54, 1.807) is 19.9 Å². The van der Waals surface area contributed by atoms with Crippen molar-refractivity contribution in [2.75, 3.05) is 26.4 Å². The fourth-order valence-corrected chi connectivity index (χ4v) is 16.2. The first-order chi connectivity index (χ1) is 36.9. The van der Waals surface area contributed by atoms with Crippen LogP contribution in [0.15, 0.2) is 23.3 Å². The van der Waals surface area contributed by atoms with E-state index < -0.39 is 199 Å². The monoisotopic (exact) mass is 1130 g/mol. The number of ether oxygens (including phenoxy) is 8. The number of aliphatic hydroxyl groups is 12. The summed E-state index contributed by atoms with van der Waals surface area (Å²) in [6.45, 7) is 14.1. The molecule has 0 aromatic rings. The normalized spacial score (nSPS) is 50.6. The summed E-state index contributed by atoms with van der Waals surface area (Å²) in [5.41, 5.74) is -3.78. The van der Waals surface area contributed by atoms with Crippen LogP contribution in [0.4, 0.5) is 0 Å². The molecule has 3 aliphatic heterocycles. The Morgan fingerprint density at radius 1 is 0.658 bits per heavy atom. The molecule has 8 aliphatic rings. The first-order valence-corrected chi connectivity index (χ1v) is 27.7. The second-order valence-electron chi connectivity index (χ2n) is 25.5. The number of allylic oxidation sites excluding steroid dienone is 3. The number of rotatable bonds is 14. The van der Waals surface area contributed by atoms with Crippen LogP contribution < -0.4 is 0 Å². The highest BCUT2D eigenvalue weighted by atomic mass is 16.8. The highest BCUT2D eigenvalue weighted by molar-refractivity contribution is 5.87. The summed E-state index contributed by atoms with van der Waals surface area (Å²) in [7, 11) is 0. The smallest absolute Gasteiger partial charge is 0.335 e. The van der Waals surface area contributed by atoms with Crippen molar-refractivity contribution in [1.29, 1.82) is 0 Å². The van der Waals surface area contributed by atoms with E-state index in [0.29, 0.717) is 37.7 Å². The van der Waals surface area contributed by atoms with Crippen molar-refractivity contribution in [2.24, 2.45) is 50.2 Å². The van der Waals surface area contributed by atoms with Crippen molar-refractivity contribution in [2.45, 2.75) is 224 Å². The minimum atomic E-state index is -2.18. The Morgan fingerprint density at radius 2 is 1.24 bits per heavy atom. The summed E-state index contributed by atoms with van der Waals surface area (Å²) in [5.74, 6) is -3.88. The van der Waals surface area contributed by atoms with Gasteiger partial charge in [0.2, 0.25) is 0 Å². The highest BCUT2D eigenvalue weighted by Crippen LogP contribution is 2.76. The molecule has 0 radical (unpaired) electrons. The molecule has 0 aromatic carbocycles. The summed E-state index contributed by atoms with van der Waals surface area (Å²) in [6.07, 6.45) is -26.5. The third-order valence-corrected chi connectivity index (χ3v) is 21.1. The molecule has 24 nitrogen and oxygen atoms in total. The van der Waals surface area contributed by atoms with Crippen molar-refractivity contribution in [3.8, 4) is 0 Å². The third-order valence-electron chi connectivity index (χ3n) is 21.1. The molecule has 4 saturated carbocycles. The molecule has 0 spiro atoms. The van der Waals surface area contributed by atoms with E-state index in [4.69, 9.17) is 37.9 Å². The van der Waals surface area contributed by atoms with Gasteiger partial charge in [-0.15, -0.1) is 0 Å². The largest absolute Gasteiger partial charge is 0.479 e. The lowest BCUT2D eigenvalue weighted by atomic mass is 9.33. The molecule has 0 amide bonds. The lowest BCUT2D eigenvalue weighted by molar-refractivity contribution is -0.392. The number of carbonyl (C=O) groups is 3. The SMILES string of the molecule is CC=C(C)C(=O)O[C@H]1[C@H](OC(C)=O)[C@]2(CO)[C@H](O)C[C@]3(C)C(=CC[C@@H]4[C@@]5(C)CC[C@H](O[C@@H]6O[C@H](C(=O)O)[C@@H](O[C@@H]7O[C@H](CO)[C@@H](O)[C@H](O)[C@H]7O)[C@H](O)[C@H]6OC6O[C@H](CO)[C@@H](O)[C@H](O)[C@H]6O)[C@](C)(CO)[C@@H]5CC[C@]43C)[C@@H]2CC1(C)C. The molecule has 24 heteroatoms. The maximum atomic E-state index is 13.4. The van der Waals surface area contributed by atoms with Crippen LogP contribution in [-0.4, -0.2) is 227 Å². The number of esters is 2. The number of aliphatic hydroxyl groups excluding tert-OH is 12. The van der Waals surface area contributed by atoms with Gasteiger partial charge in [-0.05, 0) is 92.8 Å². The topological polar surface area (TPSA) is 388 Å². The van der Waals surface area contributed by atoms with Gasteiger partial charge in [-0.2, -0.15) is 0 Å². The van der Waals surface area contributed by atoms with Crippen LogP contribution in [-0.2, 0) is 52.3 Å². The Kier molecular flexibility index (Phi) is 17.8. The second kappa shape index (κ2) is 22.6. The molecular formula is C55H86O24. The number of aliphatic carboxylic acids is 1. The zero-order valence-corrected chi connectivity index (χ0v) is 46.4. The number of carboxylic acid groups (broad SMARTS) is 1. The number of carbonyl (C=O) groups excluding carboxylic acids is 2. The van der Waals surface area contributed by atoms with Crippen LogP contribution in [0.2, 0.25) is 0 Å². The van der Waals surface area contributed by atoms with Crippen LogP contribution in [0.1, 0.15) is 107 Å². The molecule has 0 bridgehead atoms. The molecule has 13 N–H and O–H groups in total. The van der Waals surface area contributed by atoms with Gasteiger partial charge in [0.1, 0.15) is 79.4 Å². The van der Waals surface area contributed by atoms with Gasteiger partial charge in [0.15, 0.2) is 25.0 Å². The van der Waals surface area contributed by atoms with Crippen molar-refractivity contribution < 1.29 is 119 Å². The van der Waals surface area contributed by atoms with Crippen LogP contribution in [0, 0.1) is 50.2 Å². The number of hydrogen-bond donors (Lipinski definition) is 13. The van der Waals surface area contributed by atoms with Crippen molar-refractivity contribution in [1.82, 2.24) is 0 Å². The number of hydrogen-bond acceptors (Lipinski definition) is 23. The van der Waals surface area contributed by atoms with Gasteiger partial charge >= 0.3 is 17.9 Å². The Labute approximate surface area is 459 Å². The maximum absolute atomic E-state index is 13.4. The van der Waals surface area contributed by atoms with Gasteiger partial charge < -0.3 is 104 Å². The summed E-state index contributed by atoms with van der Waals surface area (Å²) < 4.78 is 48.2. The standard InChI is InChI=1S/C55H86O24/c1-10-23(2)46(71)79-43-44(72-24(3)60)55(22-59)26(17-50(43,4)5)25-11-12-30-51(6)15-14-32(52(7,21-58)29(51)13-16-53(30,8)54(25,9)18-31(55)61)75-49-41(77-48-38(67)36(65)34(63)28(20-57)74-48)39(68)40(42(78-49)45(69)70)76-47-37(66)35(64)33(62)27(19-56)73-47/h10-11,26-44,47-49,56-59,61-68H,12-22H2,1-9H3,(H,69,70)/t26-,27+,28+,29+,30+,31+,32-,33+,34+,35-,36-,37+,38+,39-,40-,41+,42-,43-,44-,47-,48?,49+,51-,52+,53+,54+,55-/m0/s1. The van der Waals surface area contributed by atoms with E-state index in [1.165, 1.54) is 6.92 Å². The number of carboxylic acids is 1. The summed E-state index contributed by atoms with van der Waals surface area (Å²) in [4.78, 5) is 39.5. The van der Waals surface area contributed by atoms with Crippen LogP contribution in [0.25, 0.3) is 0 Å². The Morgan fingerprint density at radius 3 is 1.76 bits per heavy atom. The number of fused-ring (bicyclic) bond motifs is 7. The molecule has 27 atom stereocenters. The van der Waals surface area contributed by atoms with Gasteiger partial charge in [0, 0.05) is 23.3 Å². The molecule has 450 valence electrons. The molecule has 3 heterocycles. The minimum Gasteiger partial charge on any atom is -0.479 e. The Hall–Kier alpha value is -2.83. The Bertz CT molecular complexity index is 2290. The average Bonchev–Trinajstić information content (AvgIpc) is 3.29. The minimum absolute atomic E-state index is 0.0849. The van der Waals surface area contributed by atoms with Crippen molar-refractivity contribution >= 4 is 17.9 Å². The third kappa shape index (κ3) is 9.94. The van der Waals surface area contributed by atoms with Crippen LogP contribution >= 0.6 is 0 Å². The lowest BCUT2D eigenvalue weighted by Gasteiger charge is -2.72. The summed E-state index contributed by atoms with van der Waals surface area (Å²) in [6, 6.07) is 0. The first kappa shape index (κ1) is 62.2.